The second-order valence-corrected chi connectivity index (χ2v) is 4.98. The van der Waals surface area contributed by atoms with Gasteiger partial charge in [-0.05, 0) is 6.92 Å². The monoisotopic (exact) mass is 321 g/mol. The molecule has 0 aliphatic carbocycles. The zero-order valence-corrected chi connectivity index (χ0v) is 12.9. The number of carbonyl (C=O) groups excluding carboxylic acids is 2. The van der Waals surface area contributed by atoms with E-state index in [-0.39, 0.29) is 18.0 Å². The van der Waals surface area contributed by atoms with Gasteiger partial charge >= 0.3 is 0 Å². The van der Waals surface area contributed by atoms with Crippen LogP contribution in [-0.2, 0) is 11.2 Å². The smallest absolute Gasteiger partial charge is 0.276 e. The highest BCUT2D eigenvalue weighted by Gasteiger charge is 2.13. The van der Waals surface area contributed by atoms with Crippen LogP contribution in [0.15, 0.2) is 17.8 Å². The van der Waals surface area contributed by atoms with E-state index in [1.165, 1.54) is 23.7 Å². The number of amides is 2. The Balaban J connectivity index is 2.02. The maximum absolute atomic E-state index is 12.1. The molecule has 2 amide bonds. The molecule has 0 bridgehead atoms. The minimum absolute atomic E-state index is 0.139. The molecule has 2 aromatic rings. The summed E-state index contributed by atoms with van der Waals surface area (Å²) in [5, 5.41) is 7.27. The summed E-state index contributed by atoms with van der Waals surface area (Å²) in [5.74, 6) is -0.216. The zero-order chi connectivity index (χ0) is 15.9. The first-order valence-electron chi connectivity index (χ1n) is 6.53. The molecule has 0 unspecified atom stereocenters. The summed E-state index contributed by atoms with van der Waals surface area (Å²) in [5.41, 5.74) is 0.777. The average Bonchev–Trinajstić information content (AvgIpc) is 2.94. The Kier molecular flexibility index (Phi) is 5.37. The van der Waals surface area contributed by atoms with Gasteiger partial charge in [0.15, 0.2) is 5.13 Å². The van der Waals surface area contributed by atoms with Crippen molar-refractivity contribution in [1.82, 2.24) is 20.3 Å². The van der Waals surface area contributed by atoms with E-state index in [9.17, 15) is 9.59 Å². The normalized spacial score (nSPS) is 10.1. The number of nitrogens with one attached hydrogen (secondary N) is 2. The highest BCUT2D eigenvalue weighted by molar-refractivity contribution is 7.14. The Morgan fingerprint density at radius 3 is 2.91 bits per heavy atom. The predicted molar refractivity (Wildman–Crippen MR) is 81.0 cm³/mol. The molecule has 9 heteroatoms. The zero-order valence-electron chi connectivity index (χ0n) is 12.1. The topological polar surface area (TPSA) is 106 Å². The van der Waals surface area contributed by atoms with Crippen LogP contribution in [0.2, 0.25) is 0 Å². The molecule has 22 heavy (non-hydrogen) atoms. The summed E-state index contributed by atoms with van der Waals surface area (Å²) in [4.78, 5) is 35.3. The first-order valence-corrected chi connectivity index (χ1v) is 7.41. The van der Waals surface area contributed by atoms with Crippen molar-refractivity contribution in [3.05, 3.63) is 29.2 Å². The Morgan fingerprint density at radius 1 is 1.36 bits per heavy atom. The first kappa shape index (κ1) is 15.8. The van der Waals surface area contributed by atoms with Crippen LogP contribution in [0.25, 0.3) is 0 Å². The van der Waals surface area contributed by atoms with Crippen LogP contribution < -0.4 is 15.4 Å². The van der Waals surface area contributed by atoms with Crippen LogP contribution in [0.5, 0.6) is 5.88 Å². The van der Waals surface area contributed by atoms with Gasteiger partial charge in [0, 0.05) is 18.5 Å². The lowest BCUT2D eigenvalue weighted by molar-refractivity contribution is -0.120. The number of nitrogens with zero attached hydrogens (tertiary/aromatic N) is 3. The molecule has 0 radical (unpaired) electrons. The van der Waals surface area contributed by atoms with Crippen LogP contribution >= 0.6 is 11.3 Å². The van der Waals surface area contributed by atoms with Crippen molar-refractivity contribution in [3.63, 3.8) is 0 Å². The van der Waals surface area contributed by atoms with E-state index < -0.39 is 5.91 Å². The van der Waals surface area contributed by atoms with Crippen LogP contribution in [0.4, 0.5) is 5.13 Å². The van der Waals surface area contributed by atoms with Gasteiger partial charge in [0.2, 0.25) is 11.8 Å². The molecule has 0 fully saturated rings. The van der Waals surface area contributed by atoms with Gasteiger partial charge in [0.1, 0.15) is 12.0 Å². The molecular weight excluding hydrogens is 306 g/mol. The van der Waals surface area contributed by atoms with Gasteiger partial charge in [0.05, 0.1) is 18.7 Å². The number of likely N-dealkylation sites (N-methyl/N-ethyl adjacent to an activating group) is 1. The molecule has 2 N–H and O–H groups in total. The van der Waals surface area contributed by atoms with Crippen molar-refractivity contribution in [1.29, 1.82) is 0 Å². The molecule has 2 heterocycles. The van der Waals surface area contributed by atoms with Gasteiger partial charge in [-0.3, -0.25) is 14.9 Å². The molecule has 0 saturated heterocycles. The van der Waals surface area contributed by atoms with E-state index in [1.54, 1.807) is 12.4 Å². The van der Waals surface area contributed by atoms with E-state index in [1.807, 2.05) is 6.92 Å². The SMILES string of the molecule is CCOc1cc(C(=O)Nc2nc(CC(=O)NC)cs2)ncn1. The lowest BCUT2D eigenvalue weighted by atomic mass is 10.3. The van der Waals surface area contributed by atoms with Gasteiger partial charge in [-0.15, -0.1) is 11.3 Å². The van der Waals surface area contributed by atoms with Crippen LogP contribution in [-0.4, -0.2) is 40.4 Å². The standard InChI is InChI=1S/C13H15N5O3S/c1-3-21-11-5-9(15-7-16-11)12(20)18-13-17-8(6-22-13)4-10(19)14-2/h5-7H,3-4H2,1-2H3,(H,14,19)(H,17,18,20). The summed E-state index contributed by atoms with van der Waals surface area (Å²) < 4.78 is 5.22. The molecule has 2 aromatic heterocycles. The number of thiazole rings is 1. The molecule has 8 nitrogen and oxygen atoms in total. The third-order valence-electron chi connectivity index (χ3n) is 2.56. The van der Waals surface area contributed by atoms with Gasteiger partial charge in [-0.25, -0.2) is 15.0 Å². The second-order valence-electron chi connectivity index (χ2n) is 4.12. The van der Waals surface area contributed by atoms with Crippen LogP contribution in [0.1, 0.15) is 23.1 Å². The average molecular weight is 321 g/mol. The number of ether oxygens (including phenoxy) is 1. The fraction of sp³-hybridized carbons (Fsp3) is 0.308. The van der Waals surface area contributed by atoms with Crippen LogP contribution in [0, 0.1) is 0 Å². The lowest BCUT2D eigenvalue weighted by Gasteiger charge is -2.04. The van der Waals surface area contributed by atoms with Crippen molar-refractivity contribution >= 4 is 28.3 Å². The number of carbonyl (C=O) groups is 2. The van der Waals surface area contributed by atoms with Crippen molar-refractivity contribution in [2.45, 2.75) is 13.3 Å². The van der Waals surface area contributed by atoms with E-state index in [0.717, 1.165) is 0 Å². The Morgan fingerprint density at radius 2 is 2.18 bits per heavy atom. The third kappa shape index (κ3) is 4.22. The van der Waals surface area contributed by atoms with E-state index in [0.29, 0.717) is 23.3 Å². The van der Waals surface area contributed by atoms with Crippen molar-refractivity contribution in [3.8, 4) is 5.88 Å². The number of hydrogen-bond acceptors (Lipinski definition) is 7. The van der Waals surface area contributed by atoms with Gasteiger partial charge < -0.3 is 10.1 Å². The maximum Gasteiger partial charge on any atom is 0.276 e. The molecule has 2 rings (SSSR count). The highest BCUT2D eigenvalue weighted by atomic mass is 32.1. The number of anilines is 1. The number of rotatable bonds is 6. The molecule has 0 aliphatic heterocycles. The largest absolute Gasteiger partial charge is 0.478 e. The summed E-state index contributed by atoms with van der Waals surface area (Å²) in [7, 11) is 1.56. The molecule has 0 aliphatic rings. The molecular formula is C13H15N5O3S. The summed E-state index contributed by atoms with van der Waals surface area (Å²) in [6.07, 6.45) is 1.43. The quantitative estimate of drug-likeness (QED) is 0.818. The Hall–Kier alpha value is -2.55. The molecule has 0 spiro atoms. The van der Waals surface area contributed by atoms with E-state index >= 15 is 0 Å². The summed E-state index contributed by atoms with van der Waals surface area (Å²) >= 11 is 1.24. The fourth-order valence-electron chi connectivity index (χ4n) is 1.55. The van der Waals surface area contributed by atoms with E-state index in [4.69, 9.17) is 4.74 Å². The van der Waals surface area contributed by atoms with Crippen LogP contribution in [0.3, 0.4) is 0 Å². The maximum atomic E-state index is 12.1. The van der Waals surface area contributed by atoms with Gasteiger partial charge in [-0.1, -0.05) is 0 Å². The third-order valence-corrected chi connectivity index (χ3v) is 3.37. The highest BCUT2D eigenvalue weighted by Crippen LogP contribution is 2.17. The first-order chi connectivity index (χ1) is 10.6. The van der Waals surface area contributed by atoms with Crippen molar-refractivity contribution < 1.29 is 14.3 Å². The number of hydrogen-bond donors (Lipinski definition) is 2. The Labute approximate surface area is 131 Å². The Bertz CT molecular complexity index is 673. The number of aromatic nitrogens is 3. The predicted octanol–water partition coefficient (Wildman–Crippen LogP) is 0.873. The molecule has 0 saturated carbocycles. The lowest BCUT2D eigenvalue weighted by Crippen LogP contribution is -2.20. The molecule has 0 atom stereocenters. The van der Waals surface area contributed by atoms with Crippen molar-refractivity contribution in [2.24, 2.45) is 0 Å². The fourth-order valence-corrected chi connectivity index (χ4v) is 2.26. The summed E-state index contributed by atoms with van der Waals surface area (Å²) in [6.45, 7) is 2.28. The summed E-state index contributed by atoms with van der Waals surface area (Å²) in [6, 6.07) is 1.46. The van der Waals surface area contributed by atoms with Gasteiger partial charge in [0.25, 0.3) is 5.91 Å². The minimum atomic E-state index is -0.413. The second kappa shape index (κ2) is 7.46. The van der Waals surface area contributed by atoms with E-state index in [2.05, 4.69) is 25.6 Å². The molecule has 116 valence electrons. The minimum Gasteiger partial charge on any atom is -0.478 e. The van der Waals surface area contributed by atoms with Crippen molar-refractivity contribution in [2.75, 3.05) is 19.0 Å². The van der Waals surface area contributed by atoms with Gasteiger partial charge in [-0.2, -0.15) is 0 Å². The molecule has 0 aromatic carbocycles.